The number of aliphatic hydroxyl groups is 2. The third-order valence-electron chi connectivity index (χ3n) is 6.62. The number of rotatable bonds is 8. The fraction of sp³-hybridized carbons (Fsp3) is 0.524. The van der Waals surface area contributed by atoms with Crippen LogP contribution in [0, 0.1) is 0 Å². The van der Waals surface area contributed by atoms with E-state index in [4.69, 9.17) is 30.6 Å². The molecule has 6 atom stereocenters. The van der Waals surface area contributed by atoms with Crippen molar-refractivity contribution < 1.29 is 43.3 Å². The second-order valence-electron chi connectivity index (χ2n) is 9.42. The highest BCUT2D eigenvalue weighted by Crippen LogP contribution is 2.55. The third-order valence-corrected chi connectivity index (χ3v) is 10.2. The minimum Gasteiger partial charge on any atom is -0.387 e. The van der Waals surface area contributed by atoms with Crippen molar-refractivity contribution in [3.05, 3.63) is 41.2 Å². The van der Waals surface area contributed by atoms with Crippen molar-refractivity contribution >= 4 is 43.8 Å². The van der Waals surface area contributed by atoms with Crippen molar-refractivity contribution in [3.63, 3.8) is 0 Å². The molecule has 15 nitrogen and oxygen atoms in total. The standard InChI is InChI=1S/C21H27ClN6O9P2/c22-21-23-18(27-9-5-4-8-13(27)12-6-2-1-3-7-12)15-19(24-21)28(26-25-15)20-17(30)16(29)14(37-20)10-36-39(34,35)11-38(31,32)33/h1-3,6-7,13-14,16-17,20,29-30H,4-5,8-11H2,(H,34,35)(H2,31,32,33)/t13-,14-,16-,17-,20-/m1/s1. The van der Waals surface area contributed by atoms with Crippen LogP contribution < -0.4 is 4.90 Å². The molecule has 3 aromatic rings. The second-order valence-corrected chi connectivity index (χ2v) is 13.8. The summed E-state index contributed by atoms with van der Waals surface area (Å²) in [6.07, 6.45) is -2.99. The van der Waals surface area contributed by atoms with E-state index in [1.165, 1.54) is 0 Å². The van der Waals surface area contributed by atoms with Crippen molar-refractivity contribution in [2.45, 2.75) is 49.8 Å². The molecule has 0 amide bonds. The van der Waals surface area contributed by atoms with Gasteiger partial charge in [-0.1, -0.05) is 35.5 Å². The maximum Gasteiger partial charge on any atom is 0.340 e. The van der Waals surface area contributed by atoms with Crippen molar-refractivity contribution in [1.29, 1.82) is 0 Å². The van der Waals surface area contributed by atoms with E-state index < -0.39 is 52.2 Å². The molecule has 0 saturated carbocycles. The molecule has 5 rings (SSSR count). The predicted octanol–water partition coefficient (Wildman–Crippen LogP) is 1.56. The number of hydrogen-bond acceptors (Lipinski definition) is 11. The van der Waals surface area contributed by atoms with E-state index in [9.17, 15) is 24.2 Å². The molecule has 2 saturated heterocycles. The van der Waals surface area contributed by atoms with E-state index in [2.05, 4.69) is 25.2 Å². The van der Waals surface area contributed by atoms with Gasteiger partial charge < -0.3 is 39.1 Å². The fourth-order valence-electron chi connectivity index (χ4n) is 4.90. The summed E-state index contributed by atoms with van der Waals surface area (Å²) in [5, 5.41) is 29.4. The lowest BCUT2D eigenvalue weighted by Crippen LogP contribution is -2.34. The van der Waals surface area contributed by atoms with Gasteiger partial charge in [-0.2, -0.15) is 14.6 Å². The summed E-state index contributed by atoms with van der Waals surface area (Å²) in [5.41, 5.74) is 1.54. The molecule has 1 aromatic carbocycles. The van der Waals surface area contributed by atoms with Crippen LogP contribution in [-0.2, 0) is 18.4 Å². The molecule has 0 bridgehead atoms. The lowest BCUT2D eigenvalue weighted by Gasteiger charge is -2.37. The van der Waals surface area contributed by atoms with Crippen molar-refractivity contribution in [2.24, 2.45) is 0 Å². The SMILES string of the molecule is O=P(O)(O)CP(=O)(O)OC[C@H]1O[C@@H](n2nnc3c(N4CCCC[C@@H]4c4ccccc4)nc(Cl)nc32)[C@H](O)[C@@H]1O. The first-order valence-electron chi connectivity index (χ1n) is 12.1. The molecule has 212 valence electrons. The molecule has 4 heterocycles. The fourth-order valence-corrected chi connectivity index (χ4v) is 7.63. The number of hydrogen-bond donors (Lipinski definition) is 5. The molecule has 2 aliphatic heterocycles. The molecule has 0 radical (unpaired) electrons. The Morgan fingerprint density at radius 1 is 1.08 bits per heavy atom. The Morgan fingerprint density at radius 3 is 2.54 bits per heavy atom. The smallest absolute Gasteiger partial charge is 0.340 e. The summed E-state index contributed by atoms with van der Waals surface area (Å²) >= 11 is 6.31. The molecule has 39 heavy (non-hydrogen) atoms. The molecule has 2 aromatic heterocycles. The van der Waals surface area contributed by atoms with Gasteiger partial charge in [-0.15, -0.1) is 5.10 Å². The Bertz CT molecular complexity index is 1430. The lowest BCUT2D eigenvalue weighted by molar-refractivity contribution is -0.0549. The van der Waals surface area contributed by atoms with Gasteiger partial charge in [0, 0.05) is 6.54 Å². The summed E-state index contributed by atoms with van der Waals surface area (Å²) in [5.74, 6) is -0.947. The van der Waals surface area contributed by atoms with E-state index >= 15 is 0 Å². The molecule has 2 fully saturated rings. The van der Waals surface area contributed by atoms with Gasteiger partial charge in [0.05, 0.1) is 12.6 Å². The van der Waals surface area contributed by atoms with Crippen LogP contribution in [0.5, 0.6) is 0 Å². The number of aliphatic hydroxyl groups excluding tert-OH is 2. The Kier molecular flexibility index (Phi) is 8.11. The van der Waals surface area contributed by atoms with Crippen LogP contribution >= 0.6 is 26.8 Å². The van der Waals surface area contributed by atoms with Crippen LogP contribution in [0.15, 0.2) is 30.3 Å². The van der Waals surface area contributed by atoms with Crippen LogP contribution in [0.25, 0.3) is 11.2 Å². The first-order valence-corrected chi connectivity index (χ1v) is 16.0. The molecule has 2 aliphatic rings. The second kappa shape index (κ2) is 11.1. The molecule has 1 unspecified atom stereocenters. The molecular weight excluding hydrogens is 578 g/mol. The number of halogens is 1. The first kappa shape index (κ1) is 28.5. The first-order chi connectivity index (χ1) is 18.4. The van der Waals surface area contributed by atoms with E-state index in [0.717, 1.165) is 29.5 Å². The summed E-state index contributed by atoms with van der Waals surface area (Å²) in [7, 11) is -9.55. The zero-order valence-corrected chi connectivity index (χ0v) is 22.9. The van der Waals surface area contributed by atoms with Crippen LogP contribution in [0.1, 0.15) is 37.1 Å². The van der Waals surface area contributed by atoms with Crippen LogP contribution in [0.3, 0.4) is 0 Å². The highest BCUT2D eigenvalue weighted by molar-refractivity contribution is 7.70. The van der Waals surface area contributed by atoms with E-state index in [1.54, 1.807) is 0 Å². The number of benzene rings is 1. The van der Waals surface area contributed by atoms with Gasteiger partial charge in [-0.25, -0.2) is 0 Å². The Hall–Kier alpha value is -2.03. The summed E-state index contributed by atoms with van der Waals surface area (Å²) in [6, 6.07) is 9.96. The van der Waals surface area contributed by atoms with E-state index in [1.807, 2.05) is 30.3 Å². The Balaban J connectivity index is 1.42. The number of ether oxygens (including phenoxy) is 1. The van der Waals surface area contributed by atoms with E-state index in [-0.39, 0.29) is 17.0 Å². The number of aromatic nitrogens is 5. The monoisotopic (exact) mass is 604 g/mol. The van der Waals surface area contributed by atoms with Crippen LogP contribution in [0.4, 0.5) is 5.82 Å². The number of fused-ring (bicyclic) bond motifs is 1. The maximum atomic E-state index is 12.0. The maximum absolute atomic E-state index is 12.0. The quantitative estimate of drug-likeness (QED) is 0.182. The topological polar surface area (TPSA) is 213 Å². The molecular formula is C21H27ClN6O9P2. The van der Waals surface area contributed by atoms with Gasteiger partial charge in [0.15, 0.2) is 29.1 Å². The normalized spacial score (nSPS) is 27.6. The van der Waals surface area contributed by atoms with Crippen molar-refractivity contribution in [1.82, 2.24) is 25.0 Å². The largest absolute Gasteiger partial charge is 0.387 e. The summed E-state index contributed by atoms with van der Waals surface area (Å²) in [6.45, 7) is -0.0476. The van der Waals surface area contributed by atoms with Crippen LogP contribution in [0.2, 0.25) is 5.28 Å². The van der Waals surface area contributed by atoms with Gasteiger partial charge in [0.2, 0.25) is 5.28 Å². The van der Waals surface area contributed by atoms with Crippen LogP contribution in [-0.4, -0.2) is 87.2 Å². The molecule has 5 N–H and O–H groups in total. The Labute approximate surface area is 227 Å². The highest BCUT2D eigenvalue weighted by Gasteiger charge is 2.46. The third kappa shape index (κ3) is 6.18. The summed E-state index contributed by atoms with van der Waals surface area (Å²) < 4.78 is 34.6. The van der Waals surface area contributed by atoms with Crippen molar-refractivity contribution in [3.8, 4) is 0 Å². The number of nitrogens with zero attached hydrogens (tertiary/aromatic N) is 6. The van der Waals surface area contributed by atoms with Gasteiger partial charge in [0.25, 0.3) is 0 Å². The van der Waals surface area contributed by atoms with Gasteiger partial charge in [-0.05, 0) is 36.4 Å². The van der Waals surface area contributed by atoms with Gasteiger partial charge >= 0.3 is 15.2 Å². The zero-order valence-electron chi connectivity index (χ0n) is 20.3. The van der Waals surface area contributed by atoms with Crippen molar-refractivity contribution in [2.75, 3.05) is 24.0 Å². The van der Waals surface area contributed by atoms with Gasteiger partial charge in [0.1, 0.15) is 18.3 Å². The lowest BCUT2D eigenvalue weighted by atomic mass is 9.95. The molecule has 0 spiro atoms. The van der Waals surface area contributed by atoms with E-state index in [0.29, 0.717) is 17.9 Å². The van der Waals surface area contributed by atoms with Gasteiger partial charge in [-0.3, -0.25) is 9.13 Å². The minimum absolute atomic E-state index is 0.0123. The average molecular weight is 605 g/mol. The zero-order chi connectivity index (χ0) is 27.9. The molecule has 18 heteroatoms. The molecule has 0 aliphatic carbocycles. The predicted molar refractivity (Wildman–Crippen MR) is 137 cm³/mol. The highest BCUT2D eigenvalue weighted by atomic mass is 35.5. The average Bonchev–Trinajstić information content (AvgIpc) is 3.42. The number of piperidine rings is 1. The number of anilines is 1. The Morgan fingerprint density at radius 2 is 1.82 bits per heavy atom. The summed E-state index contributed by atoms with van der Waals surface area (Å²) in [4.78, 5) is 38.4. The minimum atomic E-state index is -4.84.